The third kappa shape index (κ3) is 3.18. The average molecular weight is 363 g/mol. The maximum absolute atomic E-state index is 12.4. The smallest absolute Gasteiger partial charge is 0.348 e. The maximum Gasteiger partial charge on any atom is 0.348 e. The van der Waals surface area contributed by atoms with Gasteiger partial charge in [0.1, 0.15) is 17.1 Å². The summed E-state index contributed by atoms with van der Waals surface area (Å²) in [5, 5.41) is 10.5. The number of para-hydroxylation sites is 1. The van der Waals surface area contributed by atoms with E-state index < -0.39 is 5.63 Å². The van der Waals surface area contributed by atoms with E-state index in [-0.39, 0.29) is 16.6 Å². The molecule has 0 saturated heterocycles. The fourth-order valence-electron chi connectivity index (χ4n) is 3.08. The molecule has 0 aliphatic carbocycles. The molecule has 1 atom stereocenters. The van der Waals surface area contributed by atoms with Crippen molar-refractivity contribution in [1.29, 1.82) is 0 Å². The SMILES string of the molecule is Cc1cc(O)c(C2=Nc3ccccc3S[C@H](c3ccccc3)C2)c(=O)o1. The summed E-state index contributed by atoms with van der Waals surface area (Å²) >= 11 is 1.72. The van der Waals surface area contributed by atoms with Gasteiger partial charge in [0.05, 0.1) is 11.4 Å². The zero-order chi connectivity index (χ0) is 18.1. The largest absolute Gasteiger partial charge is 0.507 e. The van der Waals surface area contributed by atoms with Crippen molar-refractivity contribution in [2.75, 3.05) is 0 Å². The summed E-state index contributed by atoms with van der Waals surface area (Å²) in [6.45, 7) is 1.64. The summed E-state index contributed by atoms with van der Waals surface area (Å²) in [5.41, 5.74) is 2.08. The molecule has 0 unspecified atom stereocenters. The lowest BCUT2D eigenvalue weighted by molar-refractivity contribution is 0.432. The first-order valence-corrected chi connectivity index (χ1v) is 9.22. The predicted octanol–water partition coefficient (Wildman–Crippen LogP) is 5.01. The van der Waals surface area contributed by atoms with Gasteiger partial charge in [-0.15, -0.1) is 11.8 Å². The van der Waals surface area contributed by atoms with E-state index in [4.69, 9.17) is 9.41 Å². The van der Waals surface area contributed by atoms with Gasteiger partial charge in [0.2, 0.25) is 0 Å². The van der Waals surface area contributed by atoms with Crippen molar-refractivity contribution in [3.05, 3.63) is 88.0 Å². The highest BCUT2D eigenvalue weighted by Gasteiger charge is 2.26. The van der Waals surface area contributed by atoms with Crippen LogP contribution in [-0.4, -0.2) is 10.8 Å². The molecule has 3 aromatic rings. The van der Waals surface area contributed by atoms with Crippen LogP contribution < -0.4 is 5.63 Å². The lowest BCUT2D eigenvalue weighted by Gasteiger charge is -2.16. The Kier molecular flexibility index (Phi) is 4.39. The van der Waals surface area contributed by atoms with Crippen molar-refractivity contribution in [1.82, 2.24) is 0 Å². The van der Waals surface area contributed by atoms with E-state index in [2.05, 4.69) is 12.1 Å². The molecule has 0 amide bonds. The lowest BCUT2D eigenvalue weighted by Crippen LogP contribution is -2.16. The first-order valence-electron chi connectivity index (χ1n) is 8.34. The summed E-state index contributed by atoms with van der Waals surface area (Å²) in [7, 11) is 0. The Hall–Kier alpha value is -2.79. The Labute approximate surface area is 155 Å². The molecule has 1 N–H and O–H groups in total. The summed E-state index contributed by atoms with van der Waals surface area (Å²) in [5.74, 6) is 0.286. The lowest BCUT2D eigenvalue weighted by atomic mass is 10.0. The fraction of sp³-hybridized carbons (Fsp3) is 0.143. The van der Waals surface area contributed by atoms with E-state index in [1.165, 1.54) is 6.07 Å². The number of nitrogens with zero attached hydrogens (tertiary/aromatic N) is 1. The Morgan fingerprint density at radius 3 is 2.62 bits per heavy atom. The van der Waals surface area contributed by atoms with Gasteiger partial charge in [0.25, 0.3) is 0 Å². The zero-order valence-electron chi connectivity index (χ0n) is 14.2. The molecule has 2 aromatic carbocycles. The fourth-order valence-corrected chi connectivity index (χ4v) is 4.32. The molecule has 0 radical (unpaired) electrons. The van der Waals surface area contributed by atoms with E-state index in [0.717, 1.165) is 16.1 Å². The highest BCUT2D eigenvalue weighted by atomic mass is 32.2. The van der Waals surface area contributed by atoms with Gasteiger partial charge < -0.3 is 9.52 Å². The van der Waals surface area contributed by atoms with Crippen LogP contribution in [0.4, 0.5) is 5.69 Å². The standard InChI is InChI=1S/C21H17NO3S/c1-13-11-17(23)20(21(24)25-13)16-12-19(14-7-3-2-4-8-14)26-18-10-6-5-9-15(18)22-16/h2-11,19,23H,12H2,1H3/t19-/m0/s1. The molecule has 1 aliphatic rings. The number of rotatable bonds is 2. The van der Waals surface area contributed by atoms with E-state index in [9.17, 15) is 9.90 Å². The third-order valence-electron chi connectivity index (χ3n) is 4.28. The van der Waals surface area contributed by atoms with Gasteiger partial charge in [-0.3, -0.25) is 4.99 Å². The Morgan fingerprint density at radius 1 is 1.12 bits per heavy atom. The van der Waals surface area contributed by atoms with Crippen LogP contribution in [0, 0.1) is 6.92 Å². The van der Waals surface area contributed by atoms with Crippen molar-refractivity contribution in [3.63, 3.8) is 0 Å². The van der Waals surface area contributed by atoms with Crippen LogP contribution >= 0.6 is 11.8 Å². The van der Waals surface area contributed by atoms with Crippen LogP contribution in [0.5, 0.6) is 5.75 Å². The third-order valence-corrected chi connectivity index (χ3v) is 5.61. The number of aryl methyl sites for hydroxylation is 1. The second-order valence-corrected chi connectivity index (χ2v) is 7.40. The van der Waals surface area contributed by atoms with Crippen LogP contribution in [0.1, 0.15) is 28.6 Å². The van der Waals surface area contributed by atoms with Gasteiger partial charge >= 0.3 is 5.63 Å². The molecule has 0 saturated carbocycles. The molecule has 4 nitrogen and oxygen atoms in total. The Balaban J connectivity index is 1.88. The van der Waals surface area contributed by atoms with Crippen molar-refractivity contribution in [3.8, 4) is 5.75 Å². The number of thioether (sulfide) groups is 1. The van der Waals surface area contributed by atoms with Crippen LogP contribution in [0.25, 0.3) is 0 Å². The number of fused-ring (bicyclic) bond motifs is 1. The van der Waals surface area contributed by atoms with Gasteiger partial charge in [-0.05, 0) is 24.6 Å². The van der Waals surface area contributed by atoms with E-state index >= 15 is 0 Å². The highest BCUT2D eigenvalue weighted by molar-refractivity contribution is 7.99. The van der Waals surface area contributed by atoms with Crippen molar-refractivity contribution in [2.45, 2.75) is 23.5 Å². The molecule has 1 aromatic heterocycles. The van der Waals surface area contributed by atoms with Gasteiger partial charge in [0, 0.05) is 22.6 Å². The number of benzene rings is 2. The normalized spacial score (nSPS) is 16.5. The van der Waals surface area contributed by atoms with Gasteiger partial charge in [-0.1, -0.05) is 42.5 Å². The predicted molar refractivity (Wildman–Crippen MR) is 104 cm³/mol. The van der Waals surface area contributed by atoms with Gasteiger partial charge in [0.15, 0.2) is 0 Å². The summed E-state index contributed by atoms with van der Waals surface area (Å²) < 4.78 is 5.21. The van der Waals surface area contributed by atoms with E-state index in [1.54, 1.807) is 18.7 Å². The topological polar surface area (TPSA) is 62.8 Å². The van der Waals surface area contributed by atoms with Crippen LogP contribution in [0.15, 0.2) is 79.8 Å². The second kappa shape index (κ2) is 6.84. The molecule has 130 valence electrons. The summed E-state index contributed by atoms with van der Waals surface area (Å²) in [4.78, 5) is 18.2. The van der Waals surface area contributed by atoms with E-state index in [0.29, 0.717) is 17.9 Å². The number of aliphatic imine (C=N–C) groups is 1. The average Bonchev–Trinajstić information content (AvgIpc) is 2.81. The van der Waals surface area contributed by atoms with E-state index in [1.807, 2.05) is 42.5 Å². The molecule has 26 heavy (non-hydrogen) atoms. The molecule has 4 rings (SSSR count). The second-order valence-electron chi connectivity index (χ2n) is 6.15. The van der Waals surface area contributed by atoms with Crippen molar-refractivity contribution < 1.29 is 9.52 Å². The zero-order valence-corrected chi connectivity index (χ0v) is 15.0. The molecule has 1 aliphatic heterocycles. The molecule has 5 heteroatoms. The molecule has 2 heterocycles. The molecule has 0 spiro atoms. The van der Waals surface area contributed by atoms with Gasteiger partial charge in [-0.2, -0.15) is 0 Å². The Morgan fingerprint density at radius 2 is 1.85 bits per heavy atom. The quantitative estimate of drug-likeness (QED) is 0.695. The van der Waals surface area contributed by atoms with Crippen LogP contribution in [-0.2, 0) is 0 Å². The molecular formula is C21H17NO3S. The number of aromatic hydroxyl groups is 1. The first kappa shape index (κ1) is 16.7. The summed E-state index contributed by atoms with van der Waals surface area (Å²) in [6, 6.07) is 19.4. The minimum Gasteiger partial charge on any atom is -0.507 e. The maximum atomic E-state index is 12.4. The monoisotopic (exact) mass is 363 g/mol. The number of hydrogen-bond acceptors (Lipinski definition) is 5. The molecular weight excluding hydrogens is 346 g/mol. The van der Waals surface area contributed by atoms with Crippen LogP contribution in [0.2, 0.25) is 0 Å². The molecule has 0 fully saturated rings. The minimum absolute atomic E-state index is 0.0821. The first-order chi connectivity index (χ1) is 12.6. The van der Waals surface area contributed by atoms with Crippen molar-refractivity contribution in [2.24, 2.45) is 4.99 Å². The summed E-state index contributed by atoms with van der Waals surface area (Å²) in [6.07, 6.45) is 0.519. The number of hydrogen-bond donors (Lipinski definition) is 1. The highest BCUT2D eigenvalue weighted by Crippen LogP contribution is 2.45. The van der Waals surface area contributed by atoms with Gasteiger partial charge in [-0.25, -0.2) is 4.79 Å². The Bertz CT molecular complexity index is 1040. The van der Waals surface area contributed by atoms with Crippen molar-refractivity contribution >= 4 is 23.2 Å². The van der Waals surface area contributed by atoms with Crippen LogP contribution in [0.3, 0.4) is 0 Å². The minimum atomic E-state index is -0.558. The molecule has 0 bridgehead atoms.